The lowest BCUT2D eigenvalue weighted by molar-refractivity contribution is 0.102. The maximum atomic E-state index is 12.5. The van der Waals surface area contributed by atoms with Gasteiger partial charge in [-0.2, -0.15) is 0 Å². The highest BCUT2D eigenvalue weighted by atomic mass is 32.2. The molecule has 0 aromatic carbocycles. The van der Waals surface area contributed by atoms with Gasteiger partial charge in [-0.3, -0.25) is 4.79 Å². The number of thioether (sulfide) groups is 1. The predicted octanol–water partition coefficient (Wildman–Crippen LogP) is 3.44. The number of nitrogens with zero attached hydrogens (tertiary/aromatic N) is 2. The lowest BCUT2D eigenvalue weighted by atomic mass is 10.2. The highest BCUT2D eigenvalue weighted by molar-refractivity contribution is 8.00. The summed E-state index contributed by atoms with van der Waals surface area (Å²) in [6.07, 6.45) is 3.25. The number of hydrogen-bond donors (Lipinski definition) is 1. The van der Waals surface area contributed by atoms with Gasteiger partial charge in [0.15, 0.2) is 5.78 Å². The van der Waals surface area contributed by atoms with Gasteiger partial charge >= 0.3 is 0 Å². The van der Waals surface area contributed by atoms with Crippen LogP contribution in [0.25, 0.3) is 10.2 Å². The van der Waals surface area contributed by atoms with Crippen LogP contribution in [0.1, 0.15) is 25.0 Å². The van der Waals surface area contributed by atoms with Gasteiger partial charge in [0.2, 0.25) is 10.0 Å². The van der Waals surface area contributed by atoms with Gasteiger partial charge in [0.1, 0.15) is 16.2 Å². The molecule has 3 heterocycles. The average Bonchev–Trinajstić information content (AvgIpc) is 3.17. The van der Waals surface area contributed by atoms with Gasteiger partial charge in [-0.25, -0.2) is 23.1 Å². The fourth-order valence-electron chi connectivity index (χ4n) is 2.49. The Morgan fingerprint density at radius 1 is 1.22 bits per heavy atom. The number of fused-ring (bicyclic) bond motifs is 1. The lowest BCUT2D eigenvalue weighted by Crippen LogP contribution is -2.23. The van der Waals surface area contributed by atoms with Crippen molar-refractivity contribution in [2.24, 2.45) is 0 Å². The van der Waals surface area contributed by atoms with Crippen LogP contribution in [-0.2, 0) is 16.4 Å². The zero-order chi connectivity index (χ0) is 19.6. The first-order valence-corrected chi connectivity index (χ1v) is 12.7. The second-order valence-electron chi connectivity index (χ2n) is 6.04. The lowest BCUT2D eigenvalue weighted by Gasteiger charge is -2.02. The molecule has 1 N–H and O–H groups in total. The van der Waals surface area contributed by atoms with Gasteiger partial charge in [-0.05, 0) is 38.0 Å². The van der Waals surface area contributed by atoms with Gasteiger partial charge < -0.3 is 0 Å². The zero-order valence-corrected chi connectivity index (χ0v) is 18.4. The monoisotopic (exact) mass is 441 g/mol. The number of aromatic nitrogens is 2. The van der Waals surface area contributed by atoms with E-state index in [2.05, 4.69) is 28.5 Å². The molecule has 0 atom stereocenters. The summed E-state index contributed by atoms with van der Waals surface area (Å²) in [7, 11) is -3.19. The molecule has 0 radical (unpaired) electrons. The molecular formula is C17H19N3O3S4. The van der Waals surface area contributed by atoms with Crippen molar-refractivity contribution < 1.29 is 13.2 Å². The maximum absolute atomic E-state index is 12.5. The first-order valence-electron chi connectivity index (χ1n) is 8.14. The number of carbonyl (C=O) groups excluding carboxylic acids is 1. The third-order valence-corrected chi connectivity index (χ3v) is 7.96. The molecule has 0 aliphatic heterocycles. The van der Waals surface area contributed by atoms with E-state index in [0.29, 0.717) is 23.6 Å². The summed E-state index contributed by atoms with van der Waals surface area (Å²) in [6, 6.07) is 3.68. The molecule has 0 amide bonds. The third-order valence-electron chi connectivity index (χ3n) is 3.94. The topological polar surface area (TPSA) is 89.0 Å². The van der Waals surface area contributed by atoms with E-state index in [4.69, 9.17) is 0 Å². The van der Waals surface area contributed by atoms with Gasteiger partial charge in [-0.15, -0.1) is 22.7 Å². The van der Waals surface area contributed by atoms with Crippen LogP contribution in [0.2, 0.25) is 0 Å². The minimum atomic E-state index is -3.19. The highest BCUT2D eigenvalue weighted by Gasteiger charge is 2.15. The standard InChI is InChI=1S/C17H19N3O3S4/c1-10-11(2)25-17-15(10)16(18-9-19-17)24-8-13(21)14-5-4-12(26-14)6-7-20-27(3,22)23/h4-5,9,20H,6-8H2,1-3H3. The zero-order valence-electron chi connectivity index (χ0n) is 15.1. The molecule has 0 saturated carbocycles. The molecule has 3 aromatic rings. The number of rotatable bonds is 8. The van der Waals surface area contributed by atoms with Crippen LogP contribution in [0.4, 0.5) is 0 Å². The largest absolute Gasteiger partial charge is 0.292 e. The molecule has 10 heteroatoms. The third kappa shape index (κ3) is 5.14. The fourth-order valence-corrected chi connectivity index (χ4v) is 6.00. The van der Waals surface area contributed by atoms with Crippen LogP contribution in [-0.4, -0.2) is 42.7 Å². The fraction of sp³-hybridized carbons (Fsp3) is 0.353. The van der Waals surface area contributed by atoms with Gasteiger partial charge in [0, 0.05) is 21.7 Å². The van der Waals surface area contributed by atoms with E-state index in [9.17, 15) is 13.2 Å². The van der Waals surface area contributed by atoms with Crippen molar-refractivity contribution in [1.82, 2.24) is 14.7 Å². The summed E-state index contributed by atoms with van der Waals surface area (Å²) < 4.78 is 24.7. The van der Waals surface area contributed by atoms with E-state index in [-0.39, 0.29) is 5.78 Å². The Balaban J connectivity index is 1.63. The molecule has 0 fully saturated rings. The quantitative estimate of drug-likeness (QED) is 0.327. The van der Waals surface area contributed by atoms with Crippen molar-refractivity contribution in [2.45, 2.75) is 25.3 Å². The number of sulfonamides is 1. The number of nitrogens with one attached hydrogen (secondary N) is 1. The molecule has 27 heavy (non-hydrogen) atoms. The van der Waals surface area contributed by atoms with Crippen LogP contribution >= 0.6 is 34.4 Å². The Morgan fingerprint density at radius 3 is 2.74 bits per heavy atom. The van der Waals surface area contributed by atoms with Gasteiger partial charge in [-0.1, -0.05) is 11.8 Å². The Labute approximate surface area is 170 Å². The van der Waals surface area contributed by atoms with Gasteiger partial charge in [0.05, 0.1) is 16.9 Å². The van der Waals surface area contributed by atoms with Crippen LogP contribution in [0.5, 0.6) is 0 Å². The second-order valence-corrected chi connectivity index (χ2v) is 11.2. The molecule has 0 saturated heterocycles. The normalized spacial score (nSPS) is 12.0. The number of ketones is 1. The number of carbonyl (C=O) groups is 1. The molecule has 0 aliphatic rings. The van der Waals surface area contributed by atoms with E-state index in [1.54, 1.807) is 23.7 Å². The molecule has 0 bridgehead atoms. The summed E-state index contributed by atoms with van der Waals surface area (Å²) in [5.74, 6) is 0.353. The van der Waals surface area contributed by atoms with Crippen molar-refractivity contribution in [2.75, 3.05) is 18.6 Å². The average molecular weight is 442 g/mol. The summed E-state index contributed by atoms with van der Waals surface area (Å²) in [5.41, 5.74) is 1.17. The number of thiophene rings is 2. The molecule has 3 rings (SSSR count). The van der Waals surface area contributed by atoms with E-state index in [1.165, 1.54) is 33.5 Å². The minimum Gasteiger partial charge on any atom is -0.292 e. The van der Waals surface area contributed by atoms with Crippen molar-refractivity contribution in [1.29, 1.82) is 0 Å². The molecule has 6 nitrogen and oxygen atoms in total. The number of aryl methyl sites for hydroxylation is 2. The molecule has 0 unspecified atom stereocenters. The minimum absolute atomic E-state index is 0.0451. The molecule has 144 valence electrons. The molecule has 3 aromatic heterocycles. The van der Waals surface area contributed by atoms with E-state index in [0.717, 1.165) is 26.4 Å². The van der Waals surface area contributed by atoms with E-state index < -0.39 is 10.0 Å². The first-order chi connectivity index (χ1) is 12.7. The van der Waals surface area contributed by atoms with E-state index in [1.807, 2.05) is 6.07 Å². The Morgan fingerprint density at radius 2 is 2.00 bits per heavy atom. The predicted molar refractivity (Wildman–Crippen MR) is 113 cm³/mol. The summed E-state index contributed by atoms with van der Waals surface area (Å²) >= 11 is 4.48. The van der Waals surface area contributed by atoms with Crippen LogP contribution in [0.3, 0.4) is 0 Å². The highest BCUT2D eigenvalue weighted by Crippen LogP contribution is 2.34. The van der Waals surface area contributed by atoms with Crippen molar-refractivity contribution in [3.05, 3.63) is 38.7 Å². The SMILES string of the molecule is Cc1sc2ncnc(SCC(=O)c3ccc(CCNS(C)(=O)=O)s3)c2c1C. The van der Waals surface area contributed by atoms with Crippen molar-refractivity contribution in [3.8, 4) is 0 Å². The maximum Gasteiger partial charge on any atom is 0.208 e. The summed E-state index contributed by atoms with van der Waals surface area (Å²) in [4.78, 5) is 25.0. The first kappa shape index (κ1) is 20.4. The van der Waals surface area contributed by atoms with E-state index >= 15 is 0 Å². The van der Waals surface area contributed by atoms with Gasteiger partial charge in [0.25, 0.3) is 0 Å². The summed E-state index contributed by atoms with van der Waals surface area (Å²) in [6.45, 7) is 4.45. The number of Topliss-reactive ketones (excluding diaryl/α,β-unsaturated/α-hetero) is 1. The molecular weight excluding hydrogens is 422 g/mol. The molecule has 0 aliphatic carbocycles. The second kappa shape index (κ2) is 8.36. The smallest absolute Gasteiger partial charge is 0.208 e. The Hall–Kier alpha value is -1.33. The number of hydrogen-bond acceptors (Lipinski definition) is 8. The Bertz CT molecular complexity index is 1090. The van der Waals surface area contributed by atoms with Crippen LogP contribution in [0, 0.1) is 13.8 Å². The van der Waals surface area contributed by atoms with Crippen molar-refractivity contribution in [3.63, 3.8) is 0 Å². The molecule has 0 spiro atoms. The van der Waals surface area contributed by atoms with Crippen LogP contribution in [0.15, 0.2) is 23.5 Å². The Kier molecular flexibility index (Phi) is 6.32. The summed E-state index contributed by atoms with van der Waals surface area (Å²) in [5, 5.41) is 1.88. The van der Waals surface area contributed by atoms with Crippen LogP contribution < -0.4 is 4.72 Å². The van der Waals surface area contributed by atoms with Crippen molar-refractivity contribution >= 4 is 60.5 Å².